The van der Waals surface area contributed by atoms with Gasteiger partial charge in [-0.05, 0) is 6.42 Å². The summed E-state index contributed by atoms with van der Waals surface area (Å²) in [5.74, 6) is 0.120. The Labute approximate surface area is 87.6 Å². The van der Waals surface area contributed by atoms with Crippen molar-refractivity contribution in [2.75, 3.05) is 40.0 Å². The summed E-state index contributed by atoms with van der Waals surface area (Å²) < 4.78 is 27.3. The van der Waals surface area contributed by atoms with Crippen LogP contribution in [0.2, 0.25) is 0 Å². The van der Waals surface area contributed by atoms with Gasteiger partial charge in [-0.25, -0.2) is 0 Å². The van der Waals surface area contributed by atoms with Gasteiger partial charge in [0.05, 0.1) is 40.0 Å². The van der Waals surface area contributed by atoms with Crippen molar-refractivity contribution in [2.45, 2.75) is 19.8 Å². The molecule has 0 aliphatic heterocycles. The highest BCUT2D eigenvalue weighted by Gasteiger charge is 2.16. The Morgan fingerprint density at radius 2 is 1.79 bits per heavy atom. The summed E-state index contributed by atoms with van der Waals surface area (Å²) in [6, 6.07) is 0. The Bertz CT molecular complexity index is 247. The first-order valence-corrected chi connectivity index (χ1v) is 6.51. The first kappa shape index (κ1) is 13.9. The van der Waals surface area contributed by atoms with Gasteiger partial charge >= 0.3 is 0 Å². The van der Waals surface area contributed by atoms with Crippen LogP contribution < -0.4 is 0 Å². The summed E-state index contributed by atoms with van der Waals surface area (Å²) in [7, 11) is 2.17. The summed E-state index contributed by atoms with van der Waals surface area (Å²) in [5, 5.41) is 0. The van der Waals surface area contributed by atoms with Gasteiger partial charge in [0.15, 0.2) is 0 Å². The third kappa shape index (κ3) is 6.34. The molecule has 0 heterocycles. The average molecular weight is 224 g/mol. The molecule has 14 heavy (non-hydrogen) atoms. The fraction of sp³-hybridized carbons (Fsp3) is 1.00. The molecule has 0 rings (SSSR count). The monoisotopic (exact) mass is 224 g/mol. The summed E-state index contributed by atoms with van der Waals surface area (Å²) in [4.78, 5) is 0. The molecule has 0 aliphatic rings. The quantitative estimate of drug-likeness (QED) is 0.475. The van der Waals surface area contributed by atoms with Crippen LogP contribution in [0, 0.1) is 0 Å². The van der Waals surface area contributed by atoms with Crippen LogP contribution >= 0.6 is 0 Å². The highest BCUT2D eigenvalue weighted by Crippen LogP contribution is 2.03. The molecule has 0 aromatic heterocycles. The molecular formula is C9H22NO3S+. The number of quaternary nitrogens is 1. The van der Waals surface area contributed by atoms with Gasteiger partial charge in [-0.3, -0.25) is 4.18 Å². The molecule has 4 nitrogen and oxygen atoms in total. The highest BCUT2D eigenvalue weighted by atomic mass is 32.2. The van der Waals surface area contributed by atoms with Crippen LogP contribution in [0.4, 0.5) is 0 Å². The van der Waals surface area contributed by atoms with Crippen LogP contribution in [-0.4, -0.2) is 52.9 Å². The third-order valence-corrected chi connectivity index (χ3v) is 3.54. The van der Waals surface area contributed by atoms with Gasteiger partial charge in [-0.1, -0.05) is 6.92 Å². The van der Waals surface area contributed by atoms with Crippen LogP contribution in [0.15, 0.2) is 0 Å². The highest BCUT2D eigenvalue weighted by molar-refractivity contribution is 7.86. The van der Waals surface area contributed by atoms with Gasteiger partial charge in [0.1, 0.15) is 0 Å². The first-order chi connectivity index (χ1) is 6.33. The van der Waals surface area contributed by atoms with E-state index in [-0.39, 0.29) is 5.75 Å². The van der Waals surface area contributed by atoms with Gasteiger partial charge < -0.3 is 4.48 Å². The van der Waals surface area contributed by atoms with Crippen molar-refractivity contribution in [3.63, 3.8) is 0 Å². The Balaban J connectivity index is 3.85. The standard InChI is InChI=1S/C9H22NO3S/c1-5-7-10(2,3)8-6-9-14(11,12)13-4/h5-9H2,1-4H3/q+1. The van der Waals surface area contributed by atoms with Crippen LogP contribution in [0.1, 0.15) is 19.8 Å². The van der Waals surface area contributed by atoms with Crippen LogP contribution in [-0.2, 0) is 14.3 Å². The summed E-state index contributed by atoms with van der Waals surface area (Å²) in [6.45, 7) is 4.08. The summed E-state index contributed by atoms with van der Waals surface area (Å²) in [6.07, 6.45) is 1.77. The molecule has 0 aliphatic carbocycles. The van der Waals surface area contributed by atoms with Crippen molar-refractivity contribution in [3.8, 4) is 0 Å². The van der Waals surface area contributed by atoms with Crippen LogP contribution in [0.5, 0.6) is 0 Å². The van der Waals surface area contributed by atoms with Gasteiger partial charge in [0.2, 0.25) is 0 Å². The minimum atomic E-state index is -3.27. The lowest BCUT2D eigenvalue weighted by molar-refractivity contribution is -0.890. The van der Waals surface area contributed by atoms with Crippen molar-refractivity contribution in [2.24, 2.45) is 0 Å². The number of nitrogens with zero attached hydrogens (tertiary/aromatic N) is 1. The van der Waals surface area contributed by atoms with E-state index in [9.17, 15) is 8.42 Å². The number of rotatable bonds is 7. The minimum absolute atomic E-state index is 0.120. The lowest BCUT2D eigenvalue weighted by Gasteiger charge is -2.29. The second-order valence-electron chi connectivity index (χ2n) is 4.16. The molecule has 0 atom stereocenters. The maximum atomic E-state index is 11.0. The van der Waals surface area contributed by atoms with Crippen LogP contribution in [0.25, 0.3) is 0 Å². The first-order valence-electron chi connectivity index (χ1n) is 4.93. The average Bonchev–Trinajstić information content (AvgIpc) is 2.03. The Morgan fingerprint density at radius 3 is 2.21 bits per heavy atom. The largest absolute Gasteiger partial charge is 0.328 e. The van der Waals surface area contributed by atoms with Crippen molar-refractivity contribution in [3.05, 3.63) is 0 Å². The van der Waals surface area contributed by atoms with E-state index in [1.54, 1.807) is 0 Å². The maximum Gasteiger partial charge on any atom is 0.267 e. The normalized spacial score (nSPS) is 13.1. The molecule has 0 spiro atoms. The van der Waals surface area contributed by atoms with E-state index in [0.29, 0.717) is 6.42 Å². The zero-order valence-corrected chi connectivity index (χ0v) is 10.4. The van der Waals surface area contributed by atoms with E-state index >= 15 is 0 Å². The SMILES string of the molecule is CCC[N+](C)(C)CCCS(=O)(=O)OC. The second kappa shape index (κ2) is 5.68. The molecule has 0 saturated carbocycles. The molecule has 86 valence electrons. The Hall–Kier alpha value is -0.130. The van der Waals surface area contributed by atoms with E-state index < -0.39 is 10.1 Å². The lowest BCUT2D eigenvalue weighted by Crippen LogP contribution is -2.41. The van der Waals surface area contributed by atoms with E-state index in [0.717, 1.165) is 24.0 Å². The zero-order chi connectivity index (χ0) is 11.2. The smallest absolute Gasteiger partial charge is 0.267 e. The van der Waals surface area contributed by atoms with Gasteiger partial charge in [-0.15, -0.1) is 0 Å². The fourth-order valence-corrected chi connectivity index (χ4v) is 2.12. The number of hydrogen-bond acceptors (Lipinski definition) is 3. The van der Waals surface area contributed by atoms with E-state index in [2.05, 4.69) is 25.2 Å². The molecule has 0 N–H and O–H groups in total. The molecule has 0 aromatic carbocycles. The predicted molar refractivity (Wildman–Crippen MR) is 57.5 cm³/mol. The van der Waals surface area contributed by atoms with E-state index in [4.69, 9.17) is 0 Å². The van der Waals surface area contributed by atoms with Gasteiger partial charge in [0.25, 0.3) is 10.1 Å². The number of hydrogen-bond donors (Lipinski definition) is 0. The summed E-state index contributed by atoms with van der Waals surface area (Å²) in [5.41, 5.74) is 0. The summed E-state index contributed by atoms with van der Waals surface area (Å²) >= 11 is 0. The molecule has 0 saturated heterocycles. The minimum Gasteiger partial charge on any atom is -0.328 e. The molecule has 0 radical (unpaired) electrons. The molecule has 0 amide bonds. The van der Waals surface area contributed by atoms with E-state index in [1.807, 2.05) is 0 Å². The second-order valence-corrected chi connectivity index (χ2v) is 6.02. The van der Waals surface area contributed by atoms with Crippen molar-refractivity contribution < 1.29 is 17.1 Å². The molecular weight excluding hydrogens is 202 g/mol. The van der Waals surface area contributed by atoms with Gasteiger partial charge in [-0.2, -0.15) is 8.42 Å². The topological polar surface area (TPSA) is 43.4 Å². The Morgan fingerprint density at radius 1 is 1.21 bits per heavy atom. The predicted octanol–water partition coefficient (Wildman–Crippen LogP) is 0.839. The van der Waals surface area contributed by atoms with E-state index in [1.165, 1.54) is 7.11 Å². The molecule has 5 heteroatoms. The maximum absolute atomic E-state index is 11.0. The van der Waals surface area contributed by atoms with Crippen molar-refractivity contribution >= 4 is 10.1 Å². The van der Waals surface area contributed by atoms with Gasteiger partial charge in [0, 0.05) is 6.42 Å². The molecule has 0 fully saturated rings. The van der Waals surface area contributed by atoms with Crippen molar-refractivity contribution in [1.82, 2.24) is 0 Å². The molecule has 0 unspecified atom stereocenters. The zero-order valence-electron chi connectivity index (χ0n) is 9.62. The van der Waals surface area contributed by atoms with Crippen molar-refractivity contribution in [1.29, 1.82) is 0 Å². The lowest BCUT2D eigenvalue weighted by atomic mass is 10.3. The molecule has 0 aromatic rings. The third-order valence-electron chi connectivity index (χ3n) is 2.24. The van der Waals surface area contributed by atoms with Crippen LogP contribution in [0.3, 0.4) is 0 Å². The fourth-order valence-electron chi connectivity index (χ4n) is 1.47. The molecule has 0 bridgehead atoms. The Kier molecular flexibility index (Phi) is 5.63.